The lowest BCUT2D eigenvalue weighted by Crippen LogP contribution is -2.27. The predicted molar refractivity (Wildman–Crippen MR) is 90.0 cm³/mol. The zero-order chi connectivity index (χ0) is 15.6. The number of halogens is 2. The van der Waals surface area contributed by atoms with Crippen molar-refractivity contribution in [3.8, 4) is 0 Å². The zero-order valence-corrected chi connectivity index (χ0v) is 14.6. The summed E-state index contributed by atoms with van der Waals surface area (Å²) in [4.78, 5) is 2.44. The fraction of sp³-hybridized carbons (Fsp3) is 0.647. The SMILES string of the molecule is CC(C)(C)C1CCN(CCC(O)c2cccc(Cl)c2Cl)C1. The molecule has 118 valence electrons. The molecule has 1 N–H and O–H groups in total. The molecule has 0 aromatic heterocycles. The van der Waals surface area contributed by atoms with Crippen LogP contribution in [0.25, 0.3) is 0 Å². The van der Waals surface area contributed by atoms with Crippen LogP contribution in [0.5, 0.6) is 0 Å². The van der Waals surface area contributed by atoms with Gasteiger partial charge >= 0.3 is 0 Å². The van der Waals surface area contributed by atoms with Gasteiger partial charge in [-0.1, -0.05) is 56.1 Å². The van der Waals surface area contributed by atoms with Crippen LogP contribution < -0.4 is 0 Å². The summed E-state index contributed by atoms with van der Waals surface area (Å²) in [6.45, 7) is 10.1. The van der Waals surface area contributed by atoms with E-state index in [2.05, 4.69) is 25.7 Å². The summed E-state index contributed by atoms with van der Waals surface area (Å²) in [6, 6.07) is 5.42. The highest BCUT2D eigenvalue weighted by Gasteiger charge is 2.31. The molecule has 1 aromatic rings. The van der Waals surface area contributed by atoms with E-state index in [0.29, 0.717) is 21.9 Å². The number of benzene rings is 1. The van der Waals surface area contributed by atoms with Crippen molar-refractivity contribution < 1.29 is 5.11 Å². The molecule has 1 heterocycles. The van der Waals surface area contributed by atoms with E-state index in [1.165, 1.54) is 6.42 Å². The molecule has 21 heavy (non-hydrogen) atoms. The fourth-order valence-electron chi connectivity index (χ4n) is 2.98. The Morgan fingerprint density at radius 3 is 2.67 bits per heavy atom. The molecule has 0 saturated carbocycles. The van der Waals surface area contributed by atoms with Gasteiger partial charge in [0.2, 0.25) is 0 Å². The minimum atomic E-state index is -0.551. The van der Waals surface area contributed by atoms with Crippen LogP contribution in [0.15, 0.2) is 18.2 Å². The van der Waals surface area contributed by atoms with Crippen LogP contribution in [-0.4, -0.2) is 29.6 Å². The Kier molecular flexibility index (Phi) is 5.59. The predicted octanol–water partition coefficient (Wildman–Crippen LogP) is 4.78. The fourth-order valence-corrected chi connectivity index (χ4v) is 3.41. The zero-order valence-electron chi connectivity index (χ0n) is 13.1. The summed E-state index contributed by atoms with van der Waals surface area (Å²) in [5.74, 6) is 0.740. The van der Waals surface area contributed by atoms with Gasteiger partial charge in [-0.05, 0) is 36.8 Å². The Bertz CT molecular complexity index is 484. The second-order valence-corrected chi connectivity index (χ2v) is 7.88. The van der Waals surface area contributed by atoms with Crippen LogP contribution in [0.3, 0.4) is 0 Å². The average Bonchev–Trinajstić information content (AvgIpc) is 2.88. The third kappa shape index (κ3) is 4.35. The first-order valence-corrected chi connectivity index (χ1v) is 8.39. The summed E-state index contributed by atoms with van der Waals surface area (Å²) >= 11 is 12.2. The highest BCUT2D eigenvalue weighted by atomic mass is 35.5. The van der Waals surface area contributed by atoms with E-state index in [1.807, 2.05) is 12.1 Å². The average molecular weight is 330 g/mol. The maximum atomic E-state index is 10.3. The van der Waals surface area contributed by atoms with Crippen molar-refractivity contribution in [2.45, 2.75) is 39.7 Å². The van der Waals surface area contributed by atoms with Gasteiger partial charge in [0.05, 0.1) is 16.1 Å². The number of nitrogens with zero attached hydrogens (tertiary/aromatic N) is 1. The third-order valence-electron chi connectivity index (χ3n) is 4.56. The van der Waals surface area contributed by atoms with Gasteiger partial charge in [-0.3, -0.25) is 0 Å². The van der Waals surface area contributed by atoms with Gasteiger partial charge in [0, 0.05) is 18.7 Å². The molecule has 0 amide bonds. The molecule has 1 aliphatic rings. The summed E-state index contributed by atoms with van der Waals surface area (Å²) in [5.41, 5.74) is 1.10. The van der Waals surface area contributed by atoms with Crippen molar-refractivity contribution >= 4 is 23.2 Å². The molecule has 1 aliphatic heterocycles. The normalized spacial score (nSPS) is 21.7. The number of aliphatic hydroxyl groups excluding tert-OH is 1. The highest BCUT2D eigenvalue weighted by molar-refractivity contribution is 6.42. The number of hydrogen-bond acceptors (Lipinski definition) is 2. The van der Waals surface area contributed by atoms with Crippen molar-refractivity contribution in [1.82, 2.24) is 4.90 Å². The van der Waals surface area contributed by atoms with Crippen molar-refractivity contribution in [1.29, 1.82) is 0 Å². The van der Waals surface area contributed by atoms with E-state index in [9.17, 15) is 5.11 Å². The maximum absolute atomic E-state index is 10.3. The monoisotopic (exact) mass is 329 g/mol. The Hall–Kier alpha value is -0.280. The van der Waals surface area contributed by atoms with Gasteiger partial charge < -0.3 is 10.0 Å². The number of hydrogen-bond donors (Lipinski definition) is 1. The molecule has 0 aliphatic carbocycles. The molecule has 2 rings (SSSR count). The van der Waals surface area contributed by atoms with Crippen LogP contribution in [0, 0.1) is 11.3 Å². The van der Waals surface area contributed by atoms with Gasteiger partial charge in [-0.2, -0.15) is 0 Å². The van der Waals surface area contributed by atoms with E-state index in [1.54, 1.807) is 6.07 Å². The Morgan fingerprint density at radius 2 is 2.05 bits per heavy atom. The first-order chi connectivity index (χ1) is 9.79. The van der Waals surface area contributed by atoms with Crippen molar-refractivity contribution in [3.63, 3.8) is 0 Å². The lowest BCUT2D eigenvalue weighted by molar-refractivity contribution is 0.144. The molecule has 2 unspecified atom stereocenters. The van der Waals surface area contributed by atoms with E-state index in [-0.39, 0.29) is 0 Å². The minimum Gasteiger partial charge on any atom is -0.388 e. The molecule has 2 nitrogen and oxygen atoms in total. The van der Waals surface area contributed by atoms with Gasteiger partial charge in [0.1, 0.15) is 0 Å². The van der Waals surface area contributed by atoms with E-state index >= 15 is 0 Å². The second-order valence-electron chi connectivity index (χ2n) is 7.10. The summed E-state index contributed by atoms with van der Waals surface area (Å²) < 4.78 is 0. The van der Waals surface area contributed by atoms with Gasteiger partial charge in [-0.25, -0.2) is 0 Å². The van der Waals surface area contributed by atoms with Gasteiger partial charge in [-0.15, -0.1) is 0 Å². The Labute approximate surface area is 138 Å². The molecule has 1 aromatic carbocycles. The molecular formula is C17H25Cl2NO. The summed E-state index contributed by atoms with van der Waals surface area (Å²) in [7, 11) is 0. The number of aliphatic hydroxyl groups is 1. The summed E-state index contributed by atoms with van der Waals surface area (Å²) in [5, 5.41) is 11.3. The van der Waals surface area contributed by atoms with Crippen molar-refractivity contribution in [3.05, 3.63) is 33.8 Å². The van der Waals surface area contributed by atoms with Crippen LogP contribution in [0.4, 0.5) is 0 Å². The molecule has 0 bridgehead atoms. The maximum Gasteiger partial charge on any atom is 0.0817 e. The second kappa shape index (κ2) is 6.87. The van der Waals surface area contributed by atoms with Gasteiger partial charge in [0.15, 0.2) is 0 Å². The lowest BCUT2D eigenvalue weighted by atomic mass is 9.80. The van der Waals surface area contributed by atoms with Crippen LogP contribution in [0.2, 0.25) is 10.0 Å². The Balaban J connectivity index is 1.88. The highest BCUT2D eigenvalue weighted by Crippen LogP contribution is 2.35. The molecular weight excluding hydrogens is 305 g/mol. The quantitative estimate of drug-likeness (QED) is 0.858. The van der Waals surface area contributed by atoms with Crippen LogP contribution in [0.1, 0.15) is 45.3 Å². The molecule has 2 atom stereocenters. The lowest BCUT2D eigenvalue weighted by Gasteiger charge is -2.27. The molecule has 0 radical (unpaired) electrons. The third-order valence-corrected chi connectivity index (χ3v) is 5.39. The topological polar surface area (TPSA) is 23.5 Å². The molecule has 0 spiro atoms. The van der Waals surface area contributed by atoms with Gasteiger partial charge in [0.25, 0.3) is 0 Å². The molecule has 1 saturated heterocycles. The van der Waals surface area contributed by atoms with Crippen molar-refractivity contribution in [2.24, 2.45) is 11.3 Å². The molecule has 4 heteroatoms. The smallest absolute Gasteiger partial charge is 0.0817 e. The van der Waals surface area contributed by atoms with Crippen LogP contribution in [-0.2, 0) is 0 Å². The van der Waals surface area contributed by atoms with E-state index in [4.69, 9.17) is 23.2 Å². The van der Waals surface area contributed by atoms with E-state index < -0.39 is 6.10 Å². The standard InChI is InChI=1S/C17H25Cl2NO/c1-17(2,3)12-7-9-20(11-12)10-8-15(21)13-5-4-6-14(18)16(13)19/h4-6,12,15,21H,7-11H2,1-3H3. The largest absolute Gasteiger partial charge is 0.388 e. The number of likely N-dealkylation sites (tertiary alicyclic amines) is 1. The first kappa shape index (κ1) is 17.1. The van der Waals surface area contributed by atoms with E-state index in [0.717, 1.165) is 31.1 Å². The number of rotatable bonds is 4. The molecule has 1 fully saturated rings. The minimum absolute atomic E-state index is 0.365. The first-order valence-electron chi connectivity index (χ1n) is 7.63. The Morgan fingerprint density at radius 1 is 1.33 bits per heavy atom. The summed E-state index contributed by atoms with van der Waals surface area (Å²) in [6.07, 6.45) is 1.39. The van der Waals surface area contributed by atoms with Crippen molar-refractivity contribution in [2.75, 3.05) is 19.6 Å². The van der Waals surface area contributed by atoms with Crippen LogP contribution >= 0.6 is 23.2 Å².